The fourth-order valence-electron chi connectivity index (χ4n) is 3.82. The molecule has 140 valence electrons. The Morgan fingerprint density at radius 3 is 2.85 bits per heavy atom. The molecule has 1 atom stereocenters. The van der Waals surface area contributed by atoms with E-state index < -0.39 is 0 Å². The summed E-state index contributed by atoms with van der Waals surface area (Å²) in [6.45, 7) is 0. The molecule has 0 saturated carbocycles. The van der Waals surface area contributed by atoms with Gasteiger partial charge in [0.25, 0.3) is 0 Å². The Morgan fingerprint density at radius 2 is 2.07 bits per heavy atom. The standard InChI is InChI=1S/C21H25N5O/c1-26-14-13-22-21(26)20(15-7-3-2-4-8-15)23-19(27)12-11-18-16-9-5-6-10-17(16)24-25-18/h2-4,7-8,13-14,20H,5-6,9-12H2,1H3,(H,23,27)(H,24,25)/t20-/m0/s1. The summed E-state index contributed by atoms with van der Waals surface area (Å²) in [5.41, 5.74) is 4.66. The molecule has 27 heavy (non-hydrogen) atoms. The van der Waals surface area contributed by atoms with Gasteiger partial charge in [0, 0.05) is 38.0 Å². The third-order valence-corrected chi connectivity index (χ3v) is 5.29. The minimum atomic E-state index is -0.258. The van der Waals surface area contributed by atoms with Crippen molar-refractivity contribution in [3.63, 3.8) is 0 Å². The smallest absolute Gasteiger partial charge is 0.221 e. The molecule has 0 fully saturated rings. The Balaban J connectivity index is 1.46. The number of aromatic amines is 1. The number of H-pyrrole nitrogens is 1. The van der Waals surface area contributed by atoms with Gasteiger partial charge < -0.3 is 9.88 Å². The third-order valence-electron chi connectivity index (χ3n) is 5.29. The van der Waals surface area contributed by atoms with Crippen LogP contribution in [0.3, 0.4) is 0 Å². The molecular weight excluding hydrogens is 338 g/mol. The van der Waals surface area contributed by atoms with Gasteiger partial charge in [0.15, 0.2) is 0 Å². The van der Waals surface area contributed by atoms with Gasteiger partial charge in [-0.05, 0) is 36.8 Å². The number of imidazole rings is 1. The average Bonchev–Trinajstić information content (AvgIpc) is 3.31. The summed E-state index contributed by atoms with van der Waals surface area (Å²) >= 11 is 0. The first-order valence-corrected chi connectivity index (χ1v) is 9.59. The molecule has 6 heteroatoms. The van der Waals surface area contributed by atoms with E-state index in [0.717, 1.165) is 29.9 Å². The number of hydrogen-bond acceptors (Lipinski definition) is 3. The van der Waals surface area contributed by atoms with E-state index in [1.807, 2.05) is 48.1 Å². The first-order chi connectivity index (χ1) is 13.2. The van der Waals surface area contributed by atoms with E-state index in [9.17, 15) is 4.79 Å². The van der Waals surface area contributed by atoms with E-state index in [-0.39, 0.29) is 11.9 Å². The summed E-state index contributed by atoms with van der Waals surface area (Å²) in [6.07, 6.45) is 9.32. The lowest BCUT2D eigenvalue weighted by Crippen LogP contribution is -2.31. The Bertz CT molecular complexity index is 912. The summed E-state index contributed by atoms with van der Waals surface area (Å²) in [5, 5.41) is 10.8. The van der Waals surface area contributed by atoms with Crippen molar-refractivity contribution in [1.82, 2.24) is 25.1 Å². The Morgan fingerprint density at radius 1 is 1.26 bits per heavy atom. The van der Waals surface area contributed by atoms with Gasteiger partial charge in [-0.2, -0.15) is 5.10 Å². The molecule has 1 aliphatic rings. The number of nitrogens with one attached hydrogen (secondary N) is 2. The molecule has 6 nitrogen and oxygen atoms in total. The van der Waals surface area contributed by atoms with Gasteiger partial charge in [0.1, 0.15) is 11.9 Å². The molecule has 2 aromatic heterocycles. The lowest BCUT2D eigenvalue weighted by molar-refractivity contribution is -0.121. The van der Waals surface area contributed by atoms with Crippen LogP contribution in [0.4, 0.5) is 0 Å². The van der Waals surface area contributed by atoms with Crippen LogP contribution in [0, 0.1) is 0 Å². The van der Waals surface area contributed by atoms with Crippen molar-refractivity contribution in [2.24, 2.45) is 7.05 Å². The van der Waals surface area contributed by atoms with Crippen molar-refractivity contribution in [1.29, 1.82) is 0 Å². The lowest BCUT2D eigenvalue weighted by atomic mass is 9.94. The van der Waals surface area contributed by atoms with E-state index in [2.05, 4.69) is 20.5 Å². The molecule has 0 saturated heterocycles. The fourth-order valence-corrected chi connectivity index (χ4v) is 3.82. The normalized spacial score (nSPS) is 14.6. The van der Waals surface area contributed by atoms with Gasteiger partial charge >= 0.3 is 0 Å². The molecule has 1 amide bonds. The molecule has 0 aliphatic heterocycles. The van der Waals surface area contributed by atoms with Crippen LogP contribution in [0.2, 0.25) is 0 Å². The van der Waals surface area contributed by atoms with Crippen LogP contribution in [0.15, 0.2) is 42.7 Å². The van der Waals surface area contributed by atoms with E-state index in [0.29, 0.717) is 12.8 Å². The number of rotatable bonds is 6. The molecule has 3 aromatic rings. The summed E-state index contributed by atoms with van der Waals surface area (Å²) in [7, 11) is 1.94. The van der Waals surface area contributed by atoms with E-state index in [1.165, 1.54) is 24.1 Å². The highest BCUT2D eigenvalue weighted by atomic mass is 16.1. The maximum absolute atomic E-state index is 12.7. The van der Waals surface area contributed by atoms with E-state index >= 15 is 0 Å². The topological polar surface area (TPSA) is 75.6 Å². The van der Waals surface area contributed by atoms with Crippen LogP contribution < -0.4 is 5.32 Å². The van der Waals surface area contributed by atoms with E-state index in [1.54, 1.807) is 6.20 Å². The predicted molar refractivity (Wildman–Crippen MR) is 103 cm³/mol. The Labute approximate surface area is 159 Å². The number of fused-ring (bicyclic) bond motifs is 1. The minimum absolute atomic E-state index is 0.0133. The maximum Gasteiger partial charge on any atom is 0.221 e. The number of benzene rings is 1. The van der Waals surface area contributed by atoms with Crippen molar-refractivity contribution in [3.8, 4) is 0 Å². The number of aryl methyl sites for hydroxylation is 3. The molecule has 0 bridgehead atoms. The van der Waals surface area contributed by atoms with Crippen molar-refractivity contribution in [2.45, 2.75) is 44.6 Å². The Kier molecular flexibility index (Phi) is 5.05. The monoisotopic (exact) mass is 363 g/mol. The molecule has 4 rings (SSSR count). The molecule has 0 spiro atoms. The molecule has 1 aliphatic carbocycles. The molecule has 0 radical (unpaired) electrons. The van der Waals surface area contributed by atoms with Crippen LogP contribution in [0.1, 0.15) is 53.6 Å². The number of carbonyl (C=O) groups is 1. The summed E-state index contributed by atoms with van der Waals surface area (Å²) in [6, 6.07) is 9.71. The summed E-state index contributed by atoms with van der Waals surface area (Å²) in [4.78, 5) is 17.2. The minimum Gasteiger partial charge on any atom is -0.342 e. The number of hydrogen-bond donors (Lipinski definition) is 2. The molecule has 0 unspecified atom stereocenters. The van der Waals surface area contributed by atoms with Crippen LogP contribution in [-0.2, 0) is 31.1 Å². The number of carbonyl (C=O) groups excluding carboxylic acids is 1. The van der Waals surface area contributed by atoms with Gasteiger partial charge in [0.05, 0.1) is 5.69 Å². The zero-order valence-corrected chi connectivity index (χ0v) is 15.6. The van der Waals surface area contributed by atoms with Crippen LogP contribution in [-0.4, -0.2) is 25.7 Å². The second kappa shape index (κ2) is 7.78. The average molecular weight is 363 g/mol. The largest absolute Gasteiger partial charge is 0.342 e. The van der Waals surface area contributed by atoms with E-state index in [4.69, 9.17) is 0 Å². The SMILES string of the molecule is Cn1ccnc1[C@@H](NC(=O)CCc1n[nH]c2c1CCCC2)c1ccccc1. The molecule has 2 N–H and O–H groups in total. The molecule has 2 heterocycles. The van der Waals surface area contributed by atoms with Crippen LogP contribution >= 0.6 is 0 Å². The zero-order chi connectivity index (χ0) is 18.6. The number of nitrogens with zero attached hydrogens (tertiary/aromatic N) is 3. The van der Waals surface area contributed by atoms with Crippen molar-refractivity contribution < 1.29 is 4.79 Å². The predicted octanol–water partition coefficient (Wildman–Crippen LogP) is 2.86. The highest BCUT2D eigenvalue weighted by Gasteiger charge is 2.22. The molecular formula is C21H25N5O. The maximum atomic E-state index is 12.7. The van der Waals surface area contributed by atoms with Gasteiger partial charge in [-0.25, -0.2) is 4.98 Å². The zero-order valence-electron chi connectivity index (χ0n) is 15.6. The van der Waals surface area contributed by atoms with Gasteiger partial charge in [-0.1, -0.05) is 30.3 Å². The first kappa shape index (κ1) is 17.5. The third kappa shape index (κ3) is 3.79. The highest BCUT2D eigenvalue weighted by Crippen LogP contribution is 2.24. The Hall–Kier alpha value is -2.89. The van der Waals surface area contributed by atoms with Crippen molar-refractivity contribution in [3.05, 3.63) is 71.1 Å². The fraction of sp³-hybridized carbons (Fsp3) is 0.381. The van der Waals surface area contributed by atoms with Gasteiger partial charge in [0.2, 0.25) is 5.91 Å². The van der Waals surface area contributed by atoms with Crippen molar-refractivity contribution in [2.75, 3.05) is 0 Å². The van der Waals surface area contributed by atoms with Gasteiger partial charge in [-0.3, -0.25) is 9.89 Å². The molecule has 1 aromatic carbocycles. The lowest BCUT2D eigenvalue weighted by Gasteiger charge is -2.19. The quantitative estimate of drug-likeness (QED) is 0.707. The van der Waals surface area contributed by atoms with Crippen molar-refractivity contribution >= 4 is 5.91 Å². The summed E-state index contributed by atoms with van der Waals surface area (Å²) < 4.78 is 1.95. The summed E-state index contributed by atoms with van der Waals surface area (Å²) in [5.74, 6) is 0.839. The second-order valence-electron chi connectivity index (χ2n) is 7.14. The van der Waals surface area contributed by atoms with Crippen LogP contribution in [0.5, 0.6) is 0 Å². The number of amides is 1. The highest BCUT2D eigenvalue weighted by molar-refractivity contribution is 5.77. The second-order valence-corrected chi connectivity index (χ2v) is 7.14. The first-order valence-electron chi connectivity index (χ1n) is 9.59. The number of aromatic nitrogens is 4. The van der Waals surface area contributed by atoms with Crippen LogP contribution in [0.25, 0.3) is 0 Å². The van der Waals surface area contributed by atoms with Gasteiger partial charge in [-0.15, -0.1) is 0 Å².